The van der Waals surface area contributed by atoms with Gasteiger partial charge in [0.05, 0.1) is 12.2 Å². The molecule has 10 atom stereocenters. The van der Waals surface area contributed by atoms with Crippen LogP contribution >= 0.6 is 0 Å². The smallest absolute Gasteiger partial charge is 0.306 e. The van der Waals surface area contributed by atoms with Gasteiger partial charge in [0, 0.05) is 44.9 Å². The van der Waals surface area contributed by atoms with Crippen molar-refractivity contribution in [2.45, 2.75) is 135 Å². The summed E-state index contributed by atoms with van der Waals surface area (Å²) in [5.41, 5.74) is -3.64. The number of ether oxygens (including phenoxy) is 4. The Bertz CT molecular complexity index is 870. The zero-order valence-electron chi connectivity index (χ0n) is 23.6. The lowest BCUT2D eigenvalue weighted by atomic mass is 9.56. The van der Waals surface area contributed by atoms with E-state index in [1.807, 2.05) is 34.6 Å². The first-order valence-electron chi connectivity index (χ1n) is 13.7. The van der Waals surface area contributed by atoms with Crippen molar-refractivity contribution in [1.82, 2.24) is 0 Å². The SMILES string of the molecule is CCCC(=O)OC1(C)CCC(OC(C)=O)C(C)(O)CC2OC1C1C(C(C)C)C(O)CC(C)(OC(C)=O)C21. The maximum Gasteiger partial charge on any atom is 0.306 e. The average Bonchev–Trinajstić information content (AvgIpc) is 3.10. The van der Waals surface area contributed by atoms with Gasteiger partial charge in [-0.15, -0.1) is 0 Å². The normalized spacial score (nSPS) is 43.7. The summed E-state index contributed by atoms with van der Waals surface area (Å²) in [5, 5.41) is 23.0. The highest BCUT2D eigenvalue weighted by Crippen LogP contribution is 2.58. The molecule has 2 N–H and O–H groups in total. The first-order valence-corrected chi connectivity index (χ1v) is 13.7. The third-order valence-electron chi connectivity index (χ3n) is 8.76. The molecule has 37 heavy (non-hydrogen) atoms. The number of carbonyl (C=O) groups is 3. The molecule has 2 saturated heterocycles. The number of carbonyl (C=O) groups excluding carboxylic acids is 3. The molecule has 2 heterocycles. The van der Waals surface area contributed by atoms with Crippen molar-refractivity contribution in [2.75, 3.05) is 0 Å². The number of rotatable bonds is 6. The Morgan fingerprint density at radius 1 is 1.03 bits per heavy atom. The molecule has 1 saturated carbocycles. The molecule has 0 aromatic heterocycles. The van der Waals surface area contributed by atoms with Gasteiger partial charge in [-0.2, -0.15) is 0 Å². The second kappa shape index (κ2) is 10.8. The van der Waals surface area contributed by atoms with Crippen LogP contribution in [-0.2, 0) is 33.3 Å². The van der Waals surface area contributed by atoms with E-state index in [0.29, 0.717) is 6.42 Å². The molecule has 3 fully saturated rings. The molecule has 2 aliphatic heterocycles. The van der Waals surface area contributed by atoms with Gasteiger partial charge in [-0.25, -0.2) is 0 Å². The highest BCUT2D eigenvalue weighted by atomic mass is 16.6. The predicted molar refractivity (Wildman–Crippen MR) is 134 cm³/mol. The minimum atomic E-state index is -1.45. The molecule has 1 aliphatic carbocycles. The van der Waals surface area contributed by atoms with Gasteiger partial charge >= 0.3 is 17.9 Å². The number of esters is 3. The quantitative estimate of drug-likeness (QED) is 0.396. The van der Waals surface area contributed by atoms with E-state index >= 15 is 0 Å². The molecule has 10 unspecified atom stereocenters. The number of hydrogen-bond acceptors (Lipinski definition) is 9. The van der Waals surface area contributed by atoms with Gasteiger partial charge in [0.1, 0.15) is 29.0 Å². The van der Waals surface area contributed by atoms with E-state index < -0.39 is 53.2 Å². The Hall–Kier alpha value is -1.71. The fraction of sp³-hybridized carbons (Fsp3) is 0.893. The number of hydrogen-bond donors (Lipinski definition) is 2. The third-order valence-corrected chi connectivity index (χ3v) is 8.76. The van der Waals surface area contributed by atoms with Crippen LogP contribution in [0.15, 0.2) is 0 Å². The summed E-state index contributed by atoms with van der Waals surface area (Å²) < 4.78 is 24.4. The van der Waals surface area contributed by atoms with Crippen LogP contribution < -0.4 is 0 Å². The molecule has 9 heteroatoms. The van der Waals surface area contributed by atoms with Gasteiger partial charge in [0.15, 0.2) is 0 Å². The first kappa shape index (κ1) is 29.8. The van der Waals surface area contributed by atoms with Gasteiger partial charge in [-0.05, 0) is 51.9 Å². The molecular formula is C28H46O9. The molecule has 2 bridgehead atoms. The largest absolute Gasteiger partial charge is 0.460 e. The molecule has 0 amide bonds. The molecule has 0 aromatic rings. The Labute approximate surface area is 220 Å². The molecule has 212 valence electrons. The number of aliphatic hydroxyl groups excluding tert-OH is 1. The van der Waals surface area contributed by atoms with Crippen LogP contribution in [0.3, 0.4) is 0 Å². The van der Waals surface area contributed by atoms with Crippen molar-refractivity contribution in [3.05, 3.63) is 0 Å². The van der Waals surface area contributed by atoms with Gasteiger partial charge in [0.25, 0.3) is 0 Å². The first-order chi connectivity index (χ1) is 17.0. The van der Waals surface area contributed by atoms with Crippen LogP contribution in [0.1, 0.15) is 93.9 Å². The van der Waals surface area contributed by atoms with Gasteiger partial charge in [-0.1, -0.05) is 20.8 Å². The summed E-state index contributed by atoms with van der Waals surface area (Å²) in [6.07, 6.45) is -1.05. The molecule has 3 aliphatic rings. The van der Waals surface area contributed by atoms with E-state index in [4.69, 9.17) is 18.9 Å². The van der Waals surface area contributed by atoms with Crippen LogP contribution in [-0.4, -0.2) is 69.3 Å². The summed E-state index contributed by atoms with van der Waals surface area (Å²) >= 11 is 0. The van der Waals surface area contributed by atoms with Crippen molar-refractivity contribution in [3.63, 3.8) is 0 Å². The Morgan fingerprint density at radius 2 is 1.68 bits per heavy atom. The summed E-state index contributed by atoms with van der Waals surface area (Å²) in [5.74, 6) is -2.16. The minimum Gasteiger partial charge on any atom is -0.460 e. The second-order valence-electron chi connectivity index (χ2n) is 12.4. The van der Waals surface area contributed by atoms with Crippen LogP contribution in [0.25, 0.3) is 0 Å². The van der Waals surface area contributed by atoms with Gasteiger partial charge < -0.3 is 29.2 Å². The van der Waals surface area contributed by atoms with Crippen molar-refractivity contribution in [1.29, 1.82) is 0 Å². The topological polar surface area (TPSA) is 129 Å². The maximum atomic E-state index is 12.8. The molecule has 0 radical (unpaired) electrons. The molecule has 0 spiro atoms. The monoisotopic (exact) mass is 526 g/mol. The second-order valence-corrected chi connectivity index (χ2v) is 12.4. The van der Waals surface area contributed by atoms with Crippen LogP contribution in [0.2, 0.25) is 0 Å². The highest BCUT2D eigenvalue weighted by Gasteiger charge is 2.67. The van der Waals surface area contributed by atoms with Gasteiger partial charge in [0.2, 0.25) is 0 Å². The lowest BCUT2D eigenvalue weighted by Crippen LogP contribution is -2.61. The van der Waals surface area contributed by atoms with E-state index in [-0.39, 0.29) is 61.7 Å². The summed E-state index contributed by atoms with van der Waals surface area (Å²) in [6, 6.07) is 0. The zero-order valence-corrected chi connectivity index (χ0v) is 23.6. The standard InChI is InChI=1S/C28H46O9/c1-9-10-21(32)37-27(7)12-11-20(34-16(4)29)26(6,33)14-19-24-23(25(27)35-19)22(15(2)3)18(31)13-28(24,8)36-17(5)30/h15,18-20,22-25,31,33H,9-14H2,1-8H3. The predicted octanol–water partition coefficient (Wildman–Crippen LogP) is 3.31. The van der Waals surface area contributed by atoms with E-state index in [0.717, 1.165) is 0 Å². The molecule has 3 rings (SSSR count). The van der Waals surface area contributed by atoms with Crippen LogP contribution in [0.4, 0.5) is 0 Å². The summed E-state index contributed by atoms with van der Waals surface area (Å²) in [4.78, 5) is 37.0. The van der Waals surface area contributed by atoms with Crippen LogP contribution in [0.5, 0.6) is 0 Å². The number of fused-ring (bicyclic) bond motifs is 5. The highest BCUT2D eigenvalue weighted by molar-refractivity contribution is 5.70. The number of aliphatic hydroxyl groups is 2. The zero-order chi connectivity index (χ0) is 27.9. The molecule has 9 nitrogen and oxygen atoms in total. The average molecular weight is 527 g/mol. The van der Waals surface area contributed by atoms with Crippen LogP contribution in [0, 0.1) is 23.7 Å². The Morgan fingerprint density at radius 3 is 2.22 bits per heavy atom. The fourth-order valence-electron chi connectivity index (χ4n) is 7.46. The molecule has 0 aromatic carbocycles. The summed E-state index contributed by atoms with van der Waals surface area (Å²) in [7, 11) is 0. The fourth-order valence-corrected chi connectivity index (χ4v) is 7.46. The van der Waals surface area contributed by atoms with E-state index in [9.17, 15) is 24.6 Å². The van der Waals surface area contributed by atoms with Crippen molar-refractivity contribution in [3.8, 4) is 0 Å². The van der Waals surface area contributed by atoms with E-state index in [1.54, 1.807) is 6.92 Å². The third kappa shape index (κ3) is 5.98. The van der Waals surface area contributed by atoms with Gasteiger partial charge in [-0.3, -0.25) is 14.4 Å². The Balaban J connectivity index is 2.19. The van der Waals surface area contributed by atoms with Crippen molar-refractivity contribution >= 4 is 17.9 Å². The van der Waals surface area contributed by atoms with Crippen molar-refractivity contribution in [2.24, 2.45) is 23.7 Å². The maximum absolute atomic E-state index is 12.8. The summed E-state index contributed by atoms with van der Waals surface area (Å²) in [6.45, 7) is 13.9. The van der Waals surface area contributed by atoms with E-state index in [2.05, 4.69) is 0 Å². The lowest BCUT2D eigenvalue weighted by molar-refractivity contribution is -0.197. The van der Waals surface area contributed by atoms with Crippen molar-refractivity contribution < 1.29 is 43.5 Å². The lowest BCUT2D eigenvalue weighted by Gasteiger charge is -2.53. The molecular weight excluding hydrogens is 480 g/mol. The Kier molecular flexibility index (Phi) is 8.72. The minimum absolute atomic E-state index is 0.0714. The van der Waals surface area contributed by atoms with E-state index in [1.165, 1.54) is 13.8 Å².